The van der Waals surface area contributed by atoms with Crippen molar-refractivity contribution < 1.29 is 5.11 Å². The monoisotopic (exact) mass is 270 g/mol. The highest BCUT2D eigenvalue weighted by atomic mass is 16.3. The third-order valence-corrected chi connectivity index (χ3v) is 3.33. The molecule has 20 heavy (non-hydrogen) atoms. The Hall–Kier alpha value is -1.71. The summed E-state index contributed by atoms with van der Waals surface area (Å²) >= 11 is 0. The summed E-state index contributed by atoms with van der Waals surface area (Å²) < 4.78 is 0. The molecule has 0 spiro atoms. The van der Waals surface area contributed by atoms with E-state index < -0.39 is 0 Å². The van der Waals surface area contributed by atoms with Gasteiger partial charge in [0.15, 0.2) is 0 Å². The van der Waals surface area contributed by atoms with Gasteiger partial charge < -0.3 is 5.11 Å². The Kier molecular flexibility index (Phi) is 6.21. The molecule has 0 aliphatic heterocycles. The van der Waals surface area contributed by atoms with Crippen LogP contribution >= 0.6 is 0 Å². The predicted octanol–water partition coefficient (Wildman–Crippen LogP) is 2.51. The van der Waals surface area contributed by atoms with Crippen LogP contribution in [0, 0.1) is 0 Å². The van der Waals surface area contributed by atoms with Crippen LogP contribution in [0.1, 0.15) is 17.5 Å². The summed E-state index contributed by atoms with van der Waals surface area (Å²) in [7, 11) is 0. The third kappa shape index (κ3) is 5.11. The molecule has 0 fully saturated rings. The highest BCUT2D eigenvalue weighted by Gasteiger charge is 2.05. The van der Waals surface area contributed by atoms with Crippen molar-refractivity contribution in [1.29, 1.82) is 0 Å². The number of pyridine rings is 1. The average Bonchev–Trinajstić information content (AvgIpc) is 2.49. The zero-order chi connectivity index (χ0) is 14.0. The van der Waals surface area contributed by atoms with E-state index in [2.05, 4.69) is 40.2 Å². The Labute approximate surface area is 120 Å². The molecular weight excluding hydrogens is 248 g/mol. The first kappa shape index (κ1) is 14.7. The molecule has 0 saturated heterocycles. The molecule has 3 heteroatoms. The molecule has 0 amide bonds. The van der Waals surface area contributed by atoms with E-state index in [1.165, 1.54) is 11.1 Å². The van der Waals surface area contributed by atoms with Crippen LogP contribution in [-0.2, 0) is 13.0 Å². The third-order valence-electron chi connectivity index (χ3n) is 3.33. The minimum atomic E-state index is 0.200. The van der Waals surface area contributed by atoms with E-state index >= 15 is 0 Å². The molecular formula is C17H22N2O. The van der Waals surface area contributed by atoms with Crippen LogP contribution in [0.4, 0.5) is 0 Å². The summed E-state index contributed by atoms with van der Waals surface area (Å²) in [6.07, 6.45) is 5.86. The Morgan fingerprint density at radius 1 is 0.950 bits per heavy atom. The largest absolute Gasteiger partial charge is 0.395 e. The van der Waals surface area contributed by atoms with Gasteiger partial charge in [0.2, 0.25) is 0 Å². The van der Waals surface area contributed by atoms with E-state index in [4.69, 9.17) is 0 Å². The van der Waals surface area contributed by atoms with Crippen LogP contribution in [0.2, 0.25) is 0 Å². The molecule has 106 valence electrons. The lowest BCUT2D eigenvalue weighted by atomic mass is 10.1. The molecule has 1 aromatic carbocycles. The molecule has 1 heterocycles. The van der Waals surface area contributed by atoms with Crippen LogP contribution in [0.15, 0.2) is 54.9 Å². The number of nitrogens with zero attached hydrogens (tertiary/aromatic N) is 2. The van der Waals surface area contributed by atoms with Gasteiger partial charge in [0, 0.05) is 25.5 Å². The summed E-state index contributed by atoms with van der Waals surface area (Å²) in [6.45, 7) is 2.75. The van der Waals surface area contributed by atoms with Crippen molar-refractivity contribution in [3.63, 3.8) is 0 Å². The van der Waals surface area contributed by atoms with Gasteiger partial charge in [0.05, 0.1) is 6.61 Å². The summed E-state index contributed by atoms with van der Waals surface area (Å²) in [6, 6.07) is 14.6. The van der Waals surface area contributed by atoms with Gasteiger partial charge in [-0.25, -0.2) is 0 Å². The van der Waals surface area contributed by atoms with Crippen molar-refractivity contribution in [3.05, 3.63) is 66.0 Å². The van der Waals surface area contributed by atoms with E-state index in [1.807, 2.05) is 18.3 Å². The number of aryl methyl sites for hydroxylation is 1. The lowest BCUT2D eigenvalue weighted by molar-refractivity contribution is 0.188. The van der Waals surface area contributed by atoms with Gasteiger partial charge in [-0.3, -0.25) is 9.88 Å². The molecule has 0 bridgehead atoms. The fourth-order valence-electron chi connectivity index (χ4n) is 2.31. The highest BCUT2D eigenvalue weighted by Crippen LogP contribution is 2.07. The fourth-order valence-corrected chi connectivity index (χ4v) is 2.31. The van der Waals surface area contributed by atoms with Gasteiger partial charge in [-0.05, 0) is 36.6 Å². The maximum atomic E-state index is 9.17. The van der Waals surface area contributed by atoms with Gasteiger partial charge in [-0.1, -0.05) is 36.4 Å². The van der Waals surface area contributed by atoms with Crippen molar-refractivity contribution in [2.45, 2.75) is 19.4 Å². The SMILES string of the molecule is OCCN(CCCc1ccccc1)Cc1cccnc1. The number of rotatable bonds is 8. The smallest absolute Gasteiger partial charge is 0.0558 e. The predicted molar refractivity (Wildman–Crippen MR) is 81.4 cm³/mol. The molecule has 0 atom stereocenters. The van der Waals surface area contributed by atoms with E-state index in [1.54, 1.807) is 6.20 Å². The molecule has 2 aromatic rings. The van der Waals surface area contributed by atoms with E-state index in [-0.39, 0.29) is 6.61 Å². The van der Waals surface area contributed by atoms with Crippen molar-refractivity contribution in [2.75, 3.05) is 19.7 Å². The first-order valence-electron chi connectivity index (χ1n) is 7.14. The highest BCUT2D eigenvalue weighted by molar-refractivity contribution is 5.14. The van der Waals surface area contributed by atoms with Gasteiger partial charge in [0.25, 0.3) is 0 Å². The Bertz CT molecular complexity index is 473. The maximum Gasteiger partial charge on any atom is 0.0558 e. The van der Waals surface area contributed by atoms with Crippen molar-refractivity contribution in [2.24, 2.45) is 0 Å². The first-order chi connectivity index (χ1) is 9.88. The maximum absolute atomic E-state index is 9.17. The summed E-state index contributed by atoms with van der Waals surface area (Å²) in [4.78, 5) is 6.41. The van der Waals surface area contributed by atoms with E-state index in [0.29, 0.717) is 6.54 Å². The summed E-state index contributed by atoms with van der Waals surface area (Å²) in [5.74, 6) is 0. The summed E-state index contributed by atoms with van der Waals surface area (Å²) in [5.41, 5.74) is 2.57. The zero-order valence-electron chi connectivity index (χ0n) is 11.8. The molecule has 1 N–H and O–H groups in total. The number of aliphatic hydroxyl groups excluding tert-OH is 1. The molecule has 2 rings (SSSR count). The Morgan fingerprint density at radius 2 is 1.75 bits per heavy atom. The average molecular weight is 270 g/mol. The standard InChI is InChI=1S/C17H22N2O/c20-13-12-19(15-17-8-4-10-18-14-17)11-5-9-16-6-2-1-3-7-16/h1-4,6-8,10,14,20H,5,9,11-13,15H2. The Morgan fingerprint density at radius 3 is 2.45 bits per heavy atom. The Balaban J connectivity index is 1.80. The number of hydrogen-bond acceptors (Lipinski definition) is 3. The van der Waals surface area contributed by atoms with Gasteiger partial charge in [0.1, 0.15) is 0 Å². The first-order valence-corrected chi connectivity index (χ1v) is 7.14. The lowest BCUT2D eigenvalue weighted by Crippen LogP contribution is -2.28. The van der Waals surface area contributed by atoms with Crippen LogP contribution < -0.4 is 0 Å². The number of aromatic nitrogens is 1. The quantitative estimate of drug-likeness (QED) is 0.800. The van der Waals surface area contributed by atoms with Crippen LogP contribution in [0.5, 0.6) is 0 Å². The second-order valence-corrected chi connectivity index (χ2v) is 4.95. The molecule has 0 saturated carbocycles. The van der Waals surface area contributed by atoms with Crippen molar-refractivity contribution in [3.8, 4) is 0 Å². The molecule has 0 radical (unpaired) electrons. The normalized spacial score (nSPS) is 10.9. The van der Waals surface area contributed by atoms with Crippen LogP contribution in [0.25, 0.3) is 0 Å². The van der Waals surface area contributed by atoms with Crippen LogP contribution in [0.3, 0.4) is 0 Å². The fraction of sp³-hybridized carbons (Fsp3) is 0.353. The van der Waals surface area contributed by atoms with Crippen LogP contribution in [-0.4, -0.2) is 34.7 Å². The second-order valence-electron chi connectivity index (χ2n) is 4.95. The van der Waals surface area contributed by atoms with Gasteiger partial charge in [-0.2, -0.15) is 0 Å². The molecule has 0 aliphatic carbocycles. The second kappa shape index (κ2) is 8.46. The van der Waals surface area contributed by atoms with Gasteiger partial charge >= 0.3 is 0 Å². The minimum absolute atomic E-state index is 0.200. The number of aliphatic hydroxyl groups is 1. The van der Waals surface area contributed by atoms with Crippen molar-refractivity contribution >= 4 is 0 Å². The molecule has 0 aliphatic rings. The molecule has 0 unspecified atom stereocenters. The number of benzene rings is 1. The van der Waals surface area contributed by atoms with Gasteiger partial charge in [-0.15, -0.1) is 0 Å². The molecule has 3 nitrogen and oxygen atoms in total. The van der Waals surface area contributed by atoms with E-state index in [9.17, 15) is 5.11 Å². The van der Waals surface area contributed by atoms with E-state index in [0.717, 1.165) is 25.9 Å². The lowest BCUT2D eigenvalue weighted by Gasteiger charge is -2.21. The minimum Gasteiger partial charge on any atom is -0.395 e. The van der Waals surface area contributed by atoms with Crippen molar-refractivity contribution in [1.82, 2.24) is 9.88 Å². The number of hydrogen-bond donors (Lipinski definition) is 1. The molecule has 1 aromatic heterocycles. The summed E-state index contributed by atoms with van der Waals surface area (Å²) in [5, 5.41) is 9.17. The zero-order valence-corrected chi connectivity index (χ0v) is 11.8. The topological polar surface area (TPSA) is 36.4 Å².